The van der Waals surface area contributed by atoms with Gasteiger partial charge in [0.1, 0.15) is 5.75 Å². The van der Waals surface area contributed by atoms with Gasteiger partial charge in [-0.2, -0.15) is 0 Å². The van der Waals surface area contributed by atoms with Gasteiger partial charge in [0.15, 0.2) is 0 Å². The van der Waals surface area contributed by atoms with E-state index in [4.69, 9.17) is 10.5 Å². The molecule has 3 rings (SSSR count). The molecule has 1 amide bonds. The van der Waals surface area contributed by atoms with E-state index < -0.39 is 0 Å². The highest BCUT2D eigenvalue weighted by Crippen LogP contribution is 2.29. The number of carbonyl (C=O) groups excluding carboxylic acids is 1. The molecule has 1 saturated carbocycles. The number of hydrogen-bond donors (Lipinski definition) is 2. The molecule has 0 radical (unpaired) electrons. The Morgan fingerprint density at radius 3 is 3.00 bits per heavy atom. The van der Waals surface area contributed by atoms with Gasteiger partial charge in [-0.05, 0) is 36.6 Å². The van der Waals surface area contributed by atoms with E-state index in [1.54, 1.807) is 0 Å². The zero-order chi connectivity index (χ0) is 13.9. The van der Waals surface area contributed by atoms with E-state index in [-0.39, 0.29) is 17.9 Å². The molecule has 20 heavy (non-hydrogen) atoms. The lowest BCUT2D eigenvalue weighted by atomic mass is 9.94. The molecule has 1 heterocycles. The maximum atomic E-state index is 12.4. The number of fused-ring (bicyclic) bond motifs is 1. The standard InChI is InChI=1S/C16H22N2O2/c17-14-5-3-1-2-4-13(14)16(19)18-12-6-7-15-11(10-12)8-9-20-15/h6-7,10,13-14H,1-5,8-9,17H2,(H,18,19). The molecule has 2 atom stereocenters. The normalized spacial score (nSPS) is 25.4. The summed E-state index contributed by atoms with van der Waals surface area (Å²) in [5.41, 5.74) is 8.17. The zero-order valence-corrected chi connectivity index (χ0v) is 11.7. The first kappa shape index (κ1) is 13.4. The summed E-state index contributed by atoms with van der Waals surface area (Å²) >= 11 is 0. The molecule has 1 fully saturated rings. The average Bonchev–Trinajstić information content (AvgIpc) is 2.79. The molecule has 108 valence electrons. The van der Waals surface area contributed by atoms with Crippen LogP contribution in [-0.2, 0) is 11.2 Å². The molecule has 1 aromatic carbocycles. The molecule has 1 aliphatic heterocycles. The van der Waals surface area contributed by atoms with Crippen molar-refractivity contribution in [3.05, 3.63) is 23.8 Å². The van der Waals surface area contributed by atoms with Crippen LogP contribution in [0.15, 0.2) is 18.2 Å². The van der Waals surface area contributed by atoms with Crippen molar-refractivity contribution in [2.45, 2.75) is 44.6 Å². The second kappa shape index (κ2) is 5.83. The molecule has 0 bridgehead atoms. The highest BCUT2D eigenvalue weighted by molar-refractivity contribution is 5.93. The van der Waals surface area contributed by atoms with E-state index in [1.807, 2.05) is 18.2 Å². The predicted molar refractivity (Wildman–Crippen MR) is 78.8 cm³/mol. The molecule has 4 heteroatoms. The van der Waals surface area contributed by atoms with Crippen molar-refractivity contribution in [3.8, 4) is 5.75 Å². The van der Waals surface area contributed by atoms with Crippen LogP contribution >= 0.6 is 0 Å². The Labute approximate surface area is 119 Å². The van der Waals surface area contributed by atoms with Crippen LogP contribution in [0.2, 0.25) is 0 Å². The van der Waals surface area contributed by atoms with E-state index in [2.05, 4.69) is 5.32 Å². The van der Waals surface area contributed by atoms with E-state index in [9.17, 15) is 4.79 Å². The minimum atomic E-state index is -0.0537. The molecule has 2 unspecified atom stereocenters. The third-order valence-electron chi connectivity index (χ3n) is 4.36. The Bertz CT molecular complexity index is 501. The predicted octanol–water partition coefficient (Wildman–Crippen LogP) is 2.47. The second-order valence-electron chi connectivity index (χ2n) is 5.82. The summed E-state index contributed by atoms with van der Waals surface area (Å²) in [5, 5.41) is 3.03. The number of rotatable bonds is 2. The summed E-state index contributed by atoms with van der Waals surface area (Å²) < 4.78 is 5.48. The summed E-state index contributed by atoms with van der Waals surface area (Å²) in [5.74, 6) is 0.953. The van der Waals surface area contributed by atoms with Crippen LogP contribution in [0.3, 0.4) is 0 Å². The van der Waals surface area contributed by atoms with Crippen molar-refractivity contribution in [3.63, 3.8) is 0 Å². The van der Waals surface area contributed by atoms with Gasteiger partial charge >= 0.3 is 0 Å². The monoisotopic (exact) mass is 274 g/mol. The molecule has 0 aromatic heterocycles. The second-order valence-corrected chi connectivity index (χ2v) is 5.82. The van der Waals surface area contributed by atoms with Crippen molar-refractivity contribution in [2.75, 3.05) is 11.9 Å². The molecule has 3 N–H and O–H groups in total. The number of benzene rings is 1. The van der Waals surface area contributed by atoms with Crippen LogP contribution in [-0.4, -0.2) is 18.6 Å². The molecule has 0 spiro atoms. The van der Waals surface area contributed by atoms with Gasteiger partial charge in [-0.15, -0.1) is 0 Å². The molecule has 0 saturated heterocycles. The summed E-state index contributed by atoms with van der Waals surface area (Å²) in [6.07, 6.45) is 6.21. The first-order chi connectivity index (χ1) is 9.74. The van der Waals surface area contributed by atoms with Crippen LogP contribution < -0.4 is 15.8 Å². The lowest BCUT2D eigenvalue weighted by molar-refractivity contribution is -0.120. The molecule has 2 aliphatic rings. The van der Waals surface area contributed by atoms with Crippen molar-refractivity contribution in [2.24, 2.45) is 11.7 Å². The van der Waals surface area contributed by atoms with Crippen LogP contribution in [0.4, 0.5) is 5.69 Å². The van der Waals surface area contributed by atoms with Crippen LogP contribution in [0.25, 0.3) is 0 Å². The van der Waals surface area contributed by atoms with Gasteiger partial charge in [0.2, 0.25) is 5.91 Å². The molecular formula is C16H22N2O2. The lowest BCUT2D eigenvalue weighted by Gasteiger charge is -2.20. The van der Waals surface area contributed by atoms with Crippen LogP contribution in [0, 0.1) is 5.92 Å². The summed E-state index contributed by atoms with van der Waals surface area (Å²) in [6.45, 7) is 0.736. The van der Waals surface area contributed by atoms with E-state index in [0.717, 1.165) is 50.1 Å². The zero-order valence-electron chi connectivity index (χ0n) is 11.7. The van der Waals surface area contributed by atoms with Crippen molar-refractivity contribution in [1.82, 2.24) is 0 Å². The van der Waals surface area contributed by atoms with E-state index in [1.165, 1.54) is 12.0 Å². The summed E-state index contributed by atoms with van der Waals surface area (Å²) in [7, 11) is 0. The van der Waals surface area contributed by atoms with Gasteiger partial charge in [0.25, 0.3) is 0 Å². The topological polar surface area (TPSA) is 64.4 Å². The SMILES string of the molecule is NC1CCCCCC1C(=O)Nc1ccc2c(c1)CCO2. The fourth-order valence-electron chi connectivity index (χ4n) is 3.16. The minimum Gasteiger partial charge on any atom is -0.493 e. The maximum Gasteiger partial charge on any atom is 0.229 e. The van der Waals surface area contributed by atoms with Crippen LogP contribution in [0.5, 0.6) is 5.75 Å². The smallest absolute Gasteiger partial charge is 0.229 e. The maximum absolute atomic E-state index is 12.4. The Kier molecular flexibility index (Phi) is 3.92. The van der Waals surface area contributed by atoms with Crippen molar-refractivity contribution in [1.29, 1.82) is 0 Å². The Morgan fingerprint density at radius 1 is 1.25 bits per heavy atom. The third-order valence-corrected chi connectivity index (χ3v) is 4.36. The number of anilines is 1. The minimum absolute atomic E-state index is 0.00439. The average molecular weight is 274 g/mol. The molecule has 1 aliphatic carbocycles. The highest BCUT2D eigenvalue weighted by atomic mass is 16.5. The van der Waals surface area contributed by atoms with E-state index in [0.29, 0.717) is 0 Å². The Balaban J connectivity index is 1.68. The fourth-order valence-corrected chi connectivity index (χ4v) is 3.16. The summed E-state index contributed by atoms with van der Waals surface area (Å²) in [6, 6.07) is 5.85. The van der Waals surface area contributed by atoms with Gasteiger partial charge in [-0.3, -0.25) is 4.79 Å². The lowest BCUT2D eigenvalue weighted by Crippen LogP contribution is -2.37. The molecule has 4 nitrogen and oxygen atoms in total. The number of nitrogens with two attached hydrogens (primary N) is 1. The summed E-state index contributed by atoms with van der Waals surface area (Å²) in [4.78, 5) is 12.4. The van der Waals surface area contributed by atoms with Gasteiger partial charge in [0.05, 0.1) is 12.5 Å². The van der Waals surface area contributed by atoms with Gasteiger partial charge < -0.3 is 15.8 Å². The van der Waals surface area contributed by atoms with Crippen LogP contribution in [0.1, 0.15) is 37.7 Å². The Morgan fingerprint density at radius 2 is 2.10 bits per heavy atom. The molecular weight excluding hydrogens is 252 g/mol. The number of nitrogens with one attached hydrogen (secondary N) is 1. The number of hydrogen-bond acceptors (Lipinski definition) is 3. The van der Waals surface area contributed by atoms with E-state index >= 15 is 0 Å². The Hall–Kier alpha value is -1.55. The number of ether oxygens (including phenoxy) is 1. The fraction of sp³-hybridized carbons (Fsp3) is 0.562. The third kappa shape index (κ3) is 2.80. The van der Waals surface area contributed by atoms with Gasteiger partial charge in [0, 0.05) is 18.2 Å². The number of carbonyl (C=O) groups is 1. The van der Waals surface area contributed by atoms with Crippen molar-refractivity contribution < 1.29 is 9.53 Å². The van der Waals surface area contributed by atoms with Crippen molar-refractivity contribution >= 4 is 11.6 Å². The molecule has 1 aromatic rings. The quantitative estimate of drug-likeness (QED) is 0.814. The van der Waals surface area contributed by atoms with Gasteiger partial charge in [-0.1, -0.05) is 19.3 Å². The number of amides is 1. The first-order valence-electron chi connectivity index (χ1n) is 7.56. The van der Waals surface area contributed by atoms with Gasteiger partial charge in [-0.25, -0.2) is 0 Å². The highest BCUT2D eigenvalue weighted by Gasteiger charge is 2.27. The first-order valence-corrected chi connectivity index (χ1v) is 7.56. The largest absolute Gasteiger partial charge is 0.493 e.